The van der Waals surface area contributed by atoms with Crippen LogP contribution in [0.2, 0.25) is 0 Å². The SMILES string of the molecule is NC(=O)C12CC[C](CC1)CC2C12CCC(CC1)CC2. The molecule has 0 aromatic rings. The van der Waals surface area contributed by atoms with E-state index in [1.807, 2.05) is 0 Å². The molecule has 4 bridgehead atoms. The summed E-state index contributed by atoms with van der Waals surface area (Å²) in [5.74, 6) is 3.37. The molecule has 6 rings (SSSR count). The van der Waals surface area contributed by atoms with E-state index in [4.69, 9.17) is 5.73 Å². The van der Waals surface area contributed by atoms with Crippen molar-refractivity contribution in [2.45, 2.75) is 70.6 Å². The second kappa shape index (κ2) is 3.99. The van der Waals surface area contributed by atoms with Crippen LogP contribution in [0.5, 0.6) is 0 Å². The molecular weight excluding hydrogens is 234 g/mol. The molecule has 6 aliphatic carbocycles. The molecule has 105 valence electrons. The fourth-order valence-corrected chi connectivity index (χ4v) is 6.11. The quantitative estimate of drug-likeness (QED) is 0.810. The van der Waals surface area contributed by atoms with Crippen molar-refractivity contribution in [1.29, 1.82) is 0 Å². The van der Waals surface area contributed by atoms with Gasteiger partial charge in [0.05, 0.1) is 5.41 Å². The van der Waals surface area contributed by atoms with Gasteiger partial charge in [0.1, 0.15) is 0 Å². The van der Waals surface area contributed by atoms with Crippen molar-refractivity contribution in [3.8, 4) is 0 Å². The molecule has 2 heteroatoms. The molecule has 1 amide bonds. The zero-order valence-corrected chi connectivity index (χ0v) is 11.9. The van der Waals surface area contributed by atoms with Crippen LogP contribution in [0.1, 0.15) is 70.6 Å². The number of nitrogens with two attached hydrogens (primary N) is 1. The number of hydrogen-bond acceptors (Lipinski definition) is 1. The van der Waals surface area contributed by atoms with E-state index < -0.39 is 0 Å². The fraction of sp³-hybridized carbons (Fsp3) is 0.882. The summed E-state index contributed by atoms with van der Waals surface area (Å²) in [6.45, 7) is 0. The first-order chi connectivity index (χ1) is 9.15. The molecule has 1 unspecified atom stereocenters. The summed E-state index contributed by atoms with van der Waals surface area (Å²) in [4.78, 5) is 12.3. The van der Waals surface area contributed by atoms with E-state index in [1.54, 1.807) is 5.92 Å². The molecule has 0 spiro atoms. The van der Waals surface area contributed by atoms with Crippen molar-refractivity contribution in [2.75, 3.05) is 0 Å². The average molecular weight is 260 g/mol. The van der Waals surface area contributed by atoms with Crippen LogP contribution in [-0.2, 0) is 4.79 Å². The Hall–Kier alpha value is -0.530. The van der Waals surface area contributed by atoms with Crippen molar-refractivity contribution in [3.63, 3.8) is 0 Å². The second-order valence-electron chi connectivity index (χ2n) is 7.87. The fourth-order valence-electron chi connectivity index (χ4n) is 6.11. The van der Waals surface area contributed by atoms with Gasteiger partial charge in [0, 0.05) is 0 Å². The van der Waals surface area contributed by atoms with Gasteiger partial charge in [-0.3, -0.25) is 4.79 Å². The second-order valence-corrected chi connectivity index (χ2v) is 7.87. The monoisotopic (exact) mass is 260 g/mol. The van der Waals surface area contributed by atoms with Crippen LogP contribution in [0.15, 0.2) is 0 Å². The van der Waals surface area contributed by atoms with E-state index in [0.717, 1.165) is 18.8 Å². The topological polar surface area (TPSA) is 43.1 Å². The van der Waals surface area contributed by atoms with Crippen molar-refractivity contribution in [3.05, 3.63) is 5.92 Å². The number of primary amides is 1. The number of fused-ring (bicyclic) bond motifs is 6. The Morgan fingerprint density at radius 2 is 1.58 bits per heavy atom. The Morgan fingerprint density at radius 1 is 1.00 bits per heavy atom. The first-order valence-electron chi connectivity index (χ1n) is 8.28. The first kappa shape index (κ1) is 12.2. The Bertz CT molecular complexity index is 372. The zero-order chi connectivity index (χ0) is 13.1. The third-order valence-electron chi connectivity index (χ3n) is 7.39. The Kier molecular flexibility index (Phi) is 2.57. The predicted molar refractivity (Wildman–Crippen MR) is 75.1 cm³/mol. The molecule has 6 saturated carbocycles. The first-order valence-corrected chi connectivity index (χ1v) is 8.28. The van der Waals surface area contributed by atoms with Crippen LogP contribution in [0.25, 0.3) is 0 Å². The number of carbonyl (C=O) groups is 1. The zero-order valence-electron chi connectivity index (χ0n) is 11.9. The highest BCUT2D eigenvalue weighted by Crippen LogP contribution is 2.66. The van der Waals surface area contributed by atoms with Crippen molar-refractivity contribution < 1.29 is 4.79 Å². The predicted octanol–water partition coefficient (Wildman–Crippen LogP) is 3.60. The van der Waals surface area contributed by atoms with Gasteiger partial charge in [0.2, 0.25) is 5.91 Å². The van der Waals surface area contributed by atoms with E-state index in [1.165, 1.54) is 57.8 Å². The Morgan fingerprint density at radius 3 is 2.11 bits per heavy atom. The number of amides is 1. The summed E-state index contributed by atoms with van der Waals surface area (Å²) >= 11 is 0. The number of hydrogen-bond donors (Lipinski definition) is 1. The maximum Gasteiger partial charge on any atom is 0.223 e. The standard InChI is InChI=1S/C17H26NO/c18-15(19)17-9-4-13(5-10-17)11-14(17)16-6-1-12(2-7-16)3-8-16/h12,14H,1-11H2,(H2,18,19). The van der Waals surface area contributed by atoms with Crippen LogP contribution < -0.4 is 5.73 Å². The Balaban J connectivity index is 1.70. The molecule has 0 saturated heterocycles. The molecule has 1 radical (unpaired) electrons. The van der Waals surface area contributed by atoms with Crippen LogP contribution in [0.4, 0.5) is 0 Å². The lowest BCUT2D eigenvalue weighted by Crippen LogP contribution is -2.57. The Labute approximate surface area is 116 Å². The van der Waals surface area contributed by atoms with Gasteiger partial charge in [-0.05, 0) is 93.8 Å². The van der Waals surface area contributed by atoms with Gasteiger partial charge in [0.25, 0.3) is 0 Å². The summed E-state index contributed by atoms with van der Waals surface area (Å²) in [7, 11) is 0. The lowest BCUT2D eigenvalue weighted by molar-refractivity contribution is -0.149. The highest BCUT2D eigenvalue weighted by atomic mass is 16.1. The lowest BCUT2D eigenvalue weighted by Gasteiger charge is -2.61. The molecule has 0 aliphatic heterocycles. The van der Waals surface area contributed by atoms with Gasteiger partial charge in [0.15, 0.2) is 0 Å². The average Bonchev–Trinajstić information content (AvgIpc) is 2.50. The highest BCUT2D eigenvalue weighted by Gasteiger charge is 2.60. The molecule has 2 N–H and O–H groups in total. The minimum atomic E-state index is -0.133. The molecular formula is C17H26NO. The largest absolute Gasteiger partial charge is 0.369 e. The highest BCUT2D eigenvalue weighted by molar-refractivity contribution is 5.82. The van der Waals surface area contributed by atoms with Gasteiger partial charge in [-0.1, -0.05) is 0 Å². The van der Waals surface area contributed by atoms with E-state index >= 15 is 0 Å². The number of rotatable bonds is 2. The molecule has 6 aliphatic rings. The summed E-state index contributed by atoms with van der Waals surface area (Å²) in [5.41, 5.74) is 6.26. The minimum Gasteiger partial charge on any atom is -0.369 e. The van der Waals surface area contributed by atoms with E-state index in [9.17, 15) is 4.79 Å². The molecule has 0 aromatic carbocycles. The van der Waals surface area contributed by atoms with Gasteiger partial charge in [-0.15, -0.1) is 0 Å². The summed E-state index contributed by atoms with van der Waals surface area (Å²) in [5, 5.41) is 0. The van der Waals surface area contributed by atoms with E-state index in [-0.39, 0.29) is 11.3 Å². The molecule has 6 fully saturated rings. The van der Waals surface area contributed by atoms with Crippen molar-refractivity contribution in [2.24, 2.45) is 28.4 Å². The van der Waals surface area contributed by atoms with E-state index in [0.29, 0.717) is 11.3 Å². The van der Waals surface area contributed by atoms with Crippen LogP contribution in [0, 0.1) is 28.6 Å². The summed E-state index contributed by atoms with van der Waals surface area (Å²) in [6, 6.07) is 0. The molecule has 1 atom stereocenters. The molecule has 2 nitrogen and oxygen atoms in total. The third kappa shape index (κ3) is 1.58. The van der Waals surface area contributed by atoms with Gasteiger partial charge >= 0.3 is 0 Å². The van der Waals surface area contributed by atoms with Crippen molar-refractivity contribution in [1.82, 2.24) is 0 Å². The smallest absolute Gasteiger partial charge is 0.223 e. The van der Waals surface area contributed by atoms with Crippen LogP contribution in [-0.4, -0.2) is 5.91 Å². The maximum atomic E-state index is 12.3. The van der Waals surface area contributed by atoms with Crippen LogP contribution >= 0.6 is 0 Å². The normalized spacial score (nSPS) is 49.5. The third-order valence-corrected chi connectivity index (χ3v) is 7.39. The van der Waals surface area contributed by atoms with Crippen LogP contribution in [0.3, 0.4) is 0 Å². The lowest BCUT2D eigenvalue weighted by atomic mass is 9.43. The minimum absolute atomic E-state index is 0.0262. The molecule has 19 heavy (non-hydrogen) atoms. The number of carbonyl (C=O) groups excluding carboxylic acids is 1. The maximum absolute atomic E-state index is 12.3. The van der Waals surface area contributed by atoms with Gasteiger partial charge < -0.3 is 5.73 Å². The molecule has 0 heterocycles. The summed E-state index contributed by atoms with van der Waals surface area (Å²) in [6.07, 6.45) is 14.1. The van der Waals surface area contributed by atoms with Gasteiger partial charge in [-0.2, -0.15) is 0 Å². The summed E-state index contributed by atoms with van der Waals surface area (Å²) < 4.78 is 0. The van der Waals surface area contributed by atoms with Gasteiger partial charge in [-0.25, -0.2) is 0 Å². The van der Waals surface area contributed by atoms with Crippen molar-refractivity contribution >= 4 is 5.91 Å². The van der Waals surface area contributed by atoms with E-state index in [2.05, 4.69) is 0 Å². The molecule has 0 aromatic heterocycles.